The van der Waals surface area contributed by atoms with Gasteiger partial charge >= 0.3 is 0 Å². The lowest BCUT2D eigenvalue weighted by Crippen LogP contribution is -2.05. The molecule has 6 aromatic carbocycles. The van der Waals surface area contributed by atoms with Crippen LogP contribution in [0.5, 0.6) is 0 Å². The maximum Gasteiger partial charge on any atom is 0.136 e. The molecule has 7 rings (SSSR count). The third-order valence-electron chi connectivity index (χ3n) is 7.48. The summed E-state index contributed by atoms with van der Waals surface area (Å²) >= 11 is 6.24. The fourth-order valence-electron chi connectivity index (χ4n) is 5.65. The van der Waals surface area contributed by atoms with E-state index in [4.69, 9.17) is 16.0 Å². The summed E-state index contributed by atoms with van der Waals surface area (Å²) in [6.07, 6.45) is 0. The van der Waals surface area contributed by atoms with Crippen molar-refractivity contribution in [1.29, 1.82) is 0 Å². The van der Waals surface area contributed by atoms with Crippen LogP contribution in [-0.2, 0) is 0 Å². The average molecular weight is 521 g/mol. The summed E-state index contributed by atoms with van der Waals surface area (Å²) in [6.45, 7) is 0. The highest BCUT2D eigenvalue weighted by molar-refractivity contribution is 6.30. The Morgan fingerprint density at radius 2 is 1.13 bits per heavy atom. The number of furan rings is 1. The topological polar surface area (TPSA) is 13.1 Å². The van der Waals surface area contributed by atoms with Gasteiger partial charge in [0.05, 0.1) is 0 Å². The lowest BCUT2D eigenvalue weighted by Gasteiger charge is -2.22. The van der Waals surface area contributed by atoms with Crippen molar-refractivity contribution in [2.24, 2.45) is 0 Å². The van der Waals surface area contributed by atoms with E-state index in [1.54, 1.807) is 0 Å². The summed E-state index contributed by atoms with van der Waals surface area (Å²) in [4.78, 5) is 0. The van der Waals surface area contributed by atoms with Gasteiger partial charge in [-0.15, -0.1) is 0 Å². The molecular formula is C37H25ClO. The summed E-state index contributed by atoms with van der Waals surface area (Å²) in [5.41, 5.74) is 10.2. The first-order chi connectivity index (χ1) is 19.2. The van der Waals surface area contributed by atoms with Gasteiger partial charge in [0, 0.05) is 21.7 Å². The Morgan fingerprint density at radius 3 is 1.87 bits per heavy atom. The molecular weight excluding hydrogens is 496 g/mol. The molecule has 0 atom stereocenters. The Balaban J connectivity index is 1.37. The largest absolute Gasteiger partial charge is 0.456 e. The van der Waals surface area contributed by atoms with Gasteiger partial charge in [-0.25, -0.2) is 0 Å². The molecule has 0 unspecified atom stereocenters. The van der Waals surface area contributed by atoms with Crippen molar-refractivity contribution in [3.8, 4) is 22.3 Å². The maximum atomic E-state index is 6.32. The molecule has 0 fully saturated rings. The molecule has 1 nitrogen and oxygen atoms in total. The van der Waals surface area contributed by atoms with Crippen molar-refractivity contribution in [3.63, 3.8) is 0 Å². The van der Waals surface area contributed by atoms with Crippen molar-refractivity contribution in [2.45, 2.75) is 5.92 Å². The summed E-state index contributed by atoms with van der Waals surface area (Å²) in [7, 11) is 0. The number of hydrogen-bond donors (Lipinski definition) is 0. The van der Waals surface area contributed by atoms with Crippen LogP contribution in [0.1, 0.15) is 22.6 Å². The van der Waals surface area contributed by atoms with Crippen molar-refractivity contribution in [2.75, 3.05) is 0 Å². The Morgan fingerprint density at radius 1 is 0.462 bits per heavy atom. The van der Waals surface area contributed by atoms with Crippen LogP contribution in [-0.4, -0.2) is 0 Å². The second-order valence-corrected chi connectivity index (χ2v) is 10.3. The Labute approximate surface area is 232 Å². The van der Waals surface area contributed by atoms with Crippen LogP contribution < -0.4 is 0 Å². The molecule has 0 aliphatic heterocycles. The molecule has 0 amide bonds. The monoisotopic (exact) mass is 520 g/mol. The molecule has 2 heteroatoms. The molecule has 7 aromatic rings. The van der Waals surface area contributed by atoms with Gasteiger partial charge in [-0.1, -0.05) is 121 Å². The molecule has 0 bridgehead atoms. The van der Waals surface area contributed by atoms with Crippen LogP contribution in [0, 0.1) is 0 Å². The SMILES string of the molecule is Clc1cccc(-c2ccc3c(c2)oc2ccc(-c4ccccc4C(c4ccccc4)c4ccccc4)cc23)c1. The van der Waals surface area contributed by atoms with E-state index in [2.05, 4.69) is 127 Å². The normalized spacial score (nSPS) is 11.4. The van der Waals surface area contributed by atoms with E-state index in [1.807, 2.05) is 18.2 Å². The zero-order chi connectivity index (χ0) is 26.2. The van der Waals surface area contributed by atoms with Gasteiger partial charge in [-0.2, -0.15) is 0 Å². The summed E-state index contributed by atoms with van der Waals surface area (Å²) in [5.74, 6) is 0.126. The van der Waals surface area contributed by atoms with Crippen molar-refractivity contribution in [1.82, 2.24) is 0 Å². The number of fused-ring (bicyclic) bond motifs is 3. The minimum atomic E-state index is 0.126. The van der Waals surface area contributed by atoms with Gasteiger partial charge in [-0.3, -0.25) is 0 Å². The molecule has 0 radical (unpaired) electrons. The van der Waals surface area contributed by atoms with Gasteiger partial charge in [0.2, 0.25) is 0 Å². The Kier molecular flexibility index (Phi) is 6.00. The summed E-state index contributed by atoms with van der Waals surface area (Å²) < 4.78 is 6.32. The number of rotatable bonds is 5. The van der Waals surface area contributed by atoms with Crippen LogP contribution in [0.3, 0.4) is 0 Å². The minimum absolute atomic E-state index is 0.126. The highest BCUT2D eigenvalue weighted by Crippen LogP contribution is 2.40. The standard InChI is InChI=1S/C37H25ClO/c38-30-15-9-14-27(22-30)28-18-20-32-34-23-29(19-21-35(34)39-36(32)24-28)31-16-7-8-17-33(31)37(25-10-3-1-4-11-25)26-12-5-2-6-13-26/h1-24,37H. The van der Waals surface area contributed by atoms with Crippen molar-refractivity contribution < 1.29 is 4.42 Å². The van der Waals surface area contributed by atoms with Crippen LogP contribution in [0.25, 0.3) is 44.2 Å². The van der Waals surface area contributed by atoms with E-state index in [-0.39, 0.29) is 5.92 Å². The smallest absolute Gasteiger partial charge is 0.136 e. The summed E-state index contributed by atoms with van der Waals surface area (Å²) in [5, 5.41) is 2.95. The third-order valence-corrected chi connectivity index (χ3v) is 7.71. The molecule has 1 aromatic heterocycles. The van der Waals surface area contributed by atoms with E-state index >= 15 is 0 Å². The number of halogens is 1. The molecule has 0 aliphatic carbocycles. The van der Waals surface area contributed by atoms with Gasteiger partial charge in [0.25, 0.3) is 0 Å². The van der Waals surface area contributed by atoms with E-state index < -0.39 is 0 Å². The van der Waals surface area contributed by atoms with Crippen LogP contribution in [0.4, 0.5) is 0 Å². The zero-order valence-electron chi connectivity index (χ0n) is 21.2. The number of hydrogen-bond acceptors (Lipinski definition) is 1. The molecule has 0 saturated carbocycles. The molecule has 0 spiro atoms. The van der Waals surface area contributed by atoms with E-state index in [9.17, 15) is 0 Å². The number of benzene rings is 6. The molecule has 0 N–H and O–H groups in total. The quantitative estimate of drug-likeness (QED) is 0.206. The van der Waals surface area contributed by atoms with E-state index in [1.165, 1.54) is 27.8 Å². The second-order valence-electron chi connectivity index (χ2n) is 9.88. The predicted octanol–water partition coefficient (Wildman–Crippen LogP) is 10.8. The molecule has 1 heterocycles. The van der Waals surface area contributed by atoms with Crippen molar-refractivity contribution >= 4 is 33.5 Å². The first-order valence-electron chi connectivity index (χ1n) is 13.2. The third kappa shape index (κ3) is 4.41. The average Bonchev–Trinajstić information content (AvgIpc) is 3.36. The highest BCUT2D eigenvalue weighted by atomic mass is 35.5. The maximum absolute atomic E-state index is 6.32. The first kappa shape index (κ1) is 23.5. The van der Waals surface area contributed by atoms with Crippen LogP contribution >= 0.6 is 11.6 Å². The van der Waals surface area contributed by atoms with Gasteiger partial charge in [0.15, 0.2) is 0 Å². The predicted molar refractivity (Wildman–Crippen MR) is 163 cm³/mol. The van der Waals surface area contributed by atoms with E-state index in [0.717, 1.165) is 38.1 Å². The molecule has 0 aliphatic rings. The van der Waals surface area contributed by atoms with Gasteiger partial charge < -0.3 is 4.42 Å². The van der Waals surface area contributed by atoms with Crippen LogP contribution in [0.15, 0.2) is 150 Å². The fraction of sp³-hybridized carbons (Fsp3) is 0.0270. The molecule has 0 saturated heterocycles. The Hall–Kier alpha value is -4.59. The molecule has 39 heavy (non-hydrogen) atoms. The second kappa shape index (κ2) is 9.94. The minimum Gasteiger partial charge on any atom is -0.456 e. The molecule has 186 valence electrons. The highest BCUT2D eigenvalue weighted by Gasteiger charge is 2.20. The van der Waals surface area contributed by atoms with Crippen molar-refractivity contribution in [3.05, 3.63) is 167 Å². The Bertz CT molecular complexity index is 1880. The van der Waals surface area contributed by atoms with Gasteiger partial charge in [-0.05, 0) is 75.3 Å². The lowest BCUT2D eigenvalue weighted by molar-refractivity contribution is 0.669. The van der Waals surface area contributed by atoms with E-state index in [0.29, 0.717) is 0 Å². The zero-order valence-corrected chi connectivity index (χ0v) is 22.0. The fourth-order valence-corrected chi connectivity index (χ4v) is 5.84. The first-order valence-corrected chi connectivity index (χ1v) is 13.5. The van der Waals surface area contributed by atoms with Gasteiger partial charge in [0.1, 0.15) is 11.2 Å². The summed E-state index contributed by atoms with van der Waals surface area (Å²) in [6, 6.07) is 51.1. The van der Waals surface area contributed by atoms with Crippen LogP contribution in [0.2, 0.25) is 5.02 Å². The lowest BCUT2D eigenvalue weighted by atomic mass is 9.81.